The Balaban J connectivity index is 1.90. The highest BCUT2D eigenvalue weighted by atomic mass is 16.7. The quantitative estimate of drug-likeness (QED) is 0.369. The average Bonchev–Trinajstić information content (AvgIpc) is 2.60. The van der Waals surface area contributed by atoms with Crippen LogP contribution in [-0.2, 0) is 23.8 Å². The smallest absolute Gasteiger partial charge is 0.350 e. The standard InChI is InChI=1S/C19H22N2O6/c1-12(22)13-4-5-16(21-6-8-25-9-7-21)15(10-13)20-11-14-17(23)26-19(2,3)27-18(14)24/h4-5,10-11,20H,6-9H2,1-3H3. The van der Waals surface area contributed by atoms with Gasteiger partial charge in [0.1, 0.15) is 0 Å². The summed E-state index contributed by atoms with van der Waals surface area (Å²) in [6.07, 6.45) is 1.25. The van der Waals surface area contributed by atoms with Crippen LogP contribution in [0.5, 0.6) is 0 Å². The maximum atomic E-state index is 12.1. The van der Waals surface area contributed by atoms with Gasteiger partial charge in [-0.05, 0) is 25.1 Å². The van der Waals surface area contributed by atoms with Crippen molar-refractivity contribution in [1.29, 1.82) is 0 Å². The third-order valence-electron chi connectivity index (χ3n) is 4.24. The molecule has 8 nitrogen and oxygen atoms in total. The third-order valence-corrected chi connectivity index (χ3v) is 4.24. The number of esters is 2. The van der Waals surface area contributed by atoms with Gasteiger partial charge >= 0.3 is 11.9 Å². The molecule has 8 heteroatoms. The van der Waals surface area contributed by atoms with E-state index in [1.165, 1.54) is 27.0 Å². The molecule has 2 aliphatic heterocycles. The molecule has 27 heavy (non-hydrogen) atoms. The van der Waals surface area contributed by atoms with Crippen LogP contribution in [0.1, 0.15) is 31.1 Å². The zero-order valence-electron chi connectivity index (χ0n) is 15.5. The molecule has 0 unspecified atom stereocenters. The summed E-state index contributed by atoms with van der Waals surface area (Å²) in [4.78, 5) is 38.0. The zero-order valence-corrected chi connectivity index (χ0v) is 15.5. The molecule has 0 aromatic heterocycles. The molecular formula is C19H22N2O6. The van der Waals surface area contributed by atoms with Gasteiger partial charge in [0.2, 0.25) is 0 Å². The average molecular weight is 374 g/mol. The number of benzene rings is 1. The van der Waals surface area contributed by atoms with Crippen molar-refractivity contribution in [3.8, 4) is 0 Å². The second-order valence-electron chi connectivity index (χ2n) is 6.77. The summed E-state index contributed by atoms with van der Waals surface area (Å²) >= 11 is 0. The molecule has 1 N–H and O–H groups in total. The van der Waals surface area contributed by atoms with Gasteiger partial charge in [-0.1, -0.05) is 0 Å². The number of hydrogen-bond donors (Lipinski definition) is 1. The van der Waals surface area contributed by atoms with Gasteiger partial charge in [-0.25, -0.2) is 9.59 Å². The van der Waals surface area contributed by atoms with E-state index in [-0.39, 0.29) is 11.4 Å². The highest BCUT2D eigenvalue weighted by Gasteiger charge is 2.39. The van der Waals surface area contributed by atoms with E-state index in [0.29, 0.717) is 37.6 Å². The van der Waals surface area contributed by atoms with E-state index in [2.05, 4.69) is 10.2 Å². The summed E-state index contributed by atoms with van der Waals surface area (Å²) < 4.78 is 15.5. The summed E-state index contributed by atoms with van der Waals surface area (Å²) in [5.74, 6) is -2.91. The van der Waals surface area contributed by atoms with Crippen LogP contribution in [0.3, 0.4) is 0 Å². The first kappa shape index (κ1) is 18.9. The Bertz CT molecular complexity index is 786. The third kappa shape index (κ3) is 4.28. The predicted octanol–water partition coefficient (Wildman–Crippen LogP) is 1.86. The van der Waals surface area contributed by atoms with Gasteiger partial charge in [0.25, 0.3) is 5.79 Å². The summed E-state index contributed by atoms with van der Waals surface area (Å²) in [5.41, 5.74) is 1.72. The lowest BCUT2D eigenvalue weighted by Crippen LogP contribution is -2.42. The molecule has 3 rings (SSSR count). The molecule has 2 heterocycles. The fourth-order valence-electron chi connectivity index (χ4n) is 2.88. The van der Waals surface area contributed by atoms with Crippen molar-refractivity contribution in [2.24, 2.45) is 0 Å². The van der Waals surface area contributed by atoms with Crippen molar-refractivity contribution in [1.82, 2.24) is 0 Å². The molecule has 0 atom stereocenters. The van der Waals surface area contributed by atoms with E-state index in [1.54, 1.807) is 12.1 Å². The number of ether oxygens (including phenoxy) is 3. The van der Waals surface area contributed by atoms with Crippen molar-refractivity contribution < 1.29 is 28.6 Å². The highest BCUT2D eigenvalue weighted by Crippen LogP contribution is 2.29. The van der Waals surface area contributed by atoms with Crippen LogP contribution >= 0.6 is 0 Å². The number of rotatable bonds is 4. The number of nitrogens with one attached hydrogen (secondary N) is 1. The minimum atomic E-state index is -1.29. The van der Waals surface area contributed by atoms with Crippen LogP contribution < -0.4 is 10.2 Å². The normalized spacial score (nSPS) is 19.2. The number of Topliss-reactive ketones (excluding diaryl/α,β-unsaturated/α-hetero) is 1. The van der Waals surface area contributed by atoms with E-state index in [1.807, 2.05) is 6.07 Å². The lowest BCUT2D eigenvalue weighted by molar-refractivity contribution is -0.222. The van der Waals surface area contributed by atoms with Crippen molar-refractivity contribution in [2.75, 3.05) is 36.5 Å². The Kier molecular flexibility index (Phi) is 5.18. The number of carbonyl (C=O) groups excluding carboxylic acids is 3. The summed E-state index contributed by atoms with van der Waals surface area (Å²) in [7, 11) is 0. The second kappa shape index (κ2) is 7.40. The maximum absolute atomic E-state index is 12.1. The van der Waals surface area contributed by atoms with Gasteiger partial charge in [-0.3, -0.25) is 4.79 Å². The number of ketones is 1. The first-order valence-electron chi connectivity index (χ1n) is 8.68. The molecule has 0 amide bonds. The van der Waals surface area contributed by atoms with Crippen LogP contribution in [-0.4, -0.2) is 49.8 Å². The zero-order chi connectivity index (χ0) is 19.6. The van der Waals surface area contributed by atoms with Gasteiger partial charge < -0.3 is 24.4 Å². The van der Waals surface area contributed by atoms with Crippen molar-refractivity contribution in [2.45, 2.75) is 26.6 Å². The molecular weight excluding hydrogens is 352 g/mol. The Morgan fingerprint density at radius 2 is 1.78 bits per heavy atom. The fourth-order valence-corrected chi connectivity index (χ4v) is 2.88. The molecule has 2 aliphatic rings. The molecule has 0 saturated carbocycles. The molecule has 2 saturated heterocycles. The largest absolute Gasteiger partial charge is 0.419 e. The Labute approximate surface area is 157 Å². The van der Waals surface area contributed by atoms with E-state index < -0.39 is 17.7 Å². The number of anilines is 2. The van der Waals surface area contributed by atoms with Crippen molar-refractivity contribution >= 4 is 29.1 Å². The second-order valence-corrected chi connectivity index (χ2v) is 6.77. The molecule has 1 aromatic carbocycles. The molecule has 1 aromatic rings. The summed E-state index contributed by atoms with van der Waals surface area (Å²) in [5, 5.41) is 2.97. The van der Waals surface area contributed by atoms with Gasteiger partial charge in [-0.2, -0.15) is 0 Å². The fraction of sp³-hybridized carbons (Fsp3) is 0.421. The van der Waals surface area contributed by atoms with E-state index in [0.717, 1.165) is 5.69 Å². The summed E-state index contributed by atoms with van der Waals surface area (Å²) in [6.45, 7) is 7.04. The molecule has 0 aliphatic carbocycles. The number of cyclic esters (lactones) is 2. The van der Waals surface area contributed by atoms with Crippen molar-refractivity contribution in [3.63, 3.8) is 0 Å². The number of carbonyl (C=O) groups is 3. The van der Waals surface area contributed by atoms with Gasteiger partial charge in [0, 0.05) is 38.7 Å². The maximum Gasteiger partial charge on any atom is 0.350 e. The van der Waals surface area contributed by atoms with E-state index in [9.17, 15) is 14.4 Å². The van der Waals surface area contributed by atoms with Gasteiger partial charge in [-0.15, -0.1) is 0 Å². The predicted molar refractivity (Wildman–Crippen MR) is 97.4 cm³/mol. The van der Waals surface area contributed by atoms with Crippen molar-refractivity contribution in [3.05, 3.63) is 35.5 Å². The van der Waals surface area contributed by atoms with Crippen LogP contribution in [0.15, 0.2) is 30.0 Å². The molecule has 0 radical (unpaired) electrons. The van der Waals surface area contributed by atoms with E-state index >= 15 is 0 Å². The molecule has 0 spiro atoms. The van der Waals surface area contributed by atoms with Crippen LogP contribution in [0.4, 0.5) is 11.4 Å². The van der Waals surface area contributed by atoms with Crippen LogP contribution in [0.25, 0.3) is 0 Å². The lowest BCUT2D eigenvalue weighted by atomic mass is 10.1. The Hall–Kier alpha value is -2.87. The van der Waals surface area contributed by atoms with Crippen LogP contribution in [0.2, 0.25) is 0 Å². The first-order chi connectivity index (χ1) is 12.8. The Morgan fingerprint density at radius 1 is 1.15 bits per heavy atom. The van der Waals surface area contributed by atoms with Gasteiger partial charge in [0.05, 0.1) is 24.6 Å². The number of hydrogen-bond acceptors (Lipinski definition) is 8. The molecule has 144 valence electrons. The van der Waals surface area contributed by atoms with Gasteiger partial charge in [0.15, 0.2) is 11.4 Å². The summed E-state index contributed by atoms with van der Waals surface area (Å²) in [6, 6.07) is 5.27. The lowest BCUT2D eigenvalue weighted by Gasteiger charge is -2.31. The number of morpholine rings is 1. The number of nitrogens with zero attached hydrogens (tertiary/aromatic N) is 1. The minimum Gasteiger partial charge on any atom is -0.419 e. The Morgan fingerprint density at radius 3 is 2.37 bits per heavy atom. The SMILES string of the molecule is CC(=O)c1ccc(N2CCOCC2)c(NC=C2C(=O)OC(C)(C)OC2=O)c1. The molecule has 0 bridgehead atoms. The topological polar surface area (TPSA) is 94.2 Å². The van der Waals surface area contributed by atoms with Crippen LogP contribution in [0, 0.1) is 0 Å². The molecule has 2 fully saturated rings. The highest BCUT2D eigenvalue weighted by molar-refractivity contribution is 6.15. The first-order valence-corrected chi connectivity index (χ1v) is 8.68. The van der Waals surface area contributed by atoms with E-state index in [4.69, 9.17) is 14.2 Å². The minimum absolute atomic E-state index is 0.0857. The monoisotopic (exact) mass is 374 g/mol.